The molecule has 34 heavy (non-hydrogen) atoms. The highest BCUT2D eigenvalue weighted by atomic mass is 16.5. The molecule has 1 unspecified atom stereocenters. The van der Waals surface area contributed by atoms with E-state index in [2.05, 4.69) is 10.4 Å². The number of Topliss-reactive ketones (excluding diaryl/α,β-unsaturated/α-hetero) is 1. The second-order valence-electron chi connectivity index (χ2n) is 8.28. The van der Waals surface area contributed by atoms with Gasteiger partial charge in [0, 0.05) is 24.1 Å². The number of nitrogens with zero attached hydrogens (tertiary/aromatic N) is 2. The lowest BCUT2D eigenvalue weighted by Gasteiger charge is -2.23. The van der Waals surface area contributed by atoms with Crippen molar-refractivity contribution in [3.05, 3.63) is 95.6 Å². The second kappa shape index (κ2) is 9.31. The number of rotatable bonds is 6. The Balaban J connectivity index is 1.29. The van der Waals surface area contributed by atoms with Crippen LogP contribution in [0.2, 0.25) is 0 Å². The van der Waals surface area contributed by atoms with Crippen LogP contribution in [0.4, 0.5) is 11.4 Å². The summed E-state index contributed by atoms with van der Waals surface area (Å²) in [5.41, 5.74) is 4.26. The maximum absolute atomic E-state index is 12.8. The maximum atomic E-state index is 12.8. The van der Waals surface area contributed by atoms with Crippen molar-refractivity contribution in [1.29, 1.82) is 0 Å². The van der Waals surface area contributed by atoms with Crippen molar-refractivity contribution in [2.75, 3.05) is 16.9 Å². The Morgan fingerprint density at radius 3 is 2.47 bits per heavy atom. The first kappa shape index (κ1) is 21.6. The molecule has 3 aromatic carbocycles. The maximum Gasteiger partial charge on any atom is 0.355 e. The summed E-state index contributed by atoms with van der Waals surface area (Å²) >= 11 is 0. The molecule has 0 radical (unpaired) electrons. The first-order valence-corrected chi connectivity index (χ1v) is 11.2. The average molecular weight is 453 g/mol. The molecular formula is C27H23N3O4. The topological polar surface area (TPSA) is 88.1 Å². The smallest absolute Gasteiger partial charge is 0.355 e. The number of benzene rings is 3. The molecule has 2 aliphatic heterocycles. The Morgan fingerprint density at radius 1 is 0.971 bits per heavy atom. The zero-order chi connectivity index (χ0) is 23.5. The van der Waals surface area contributed by atoms with Crippen LogP contribution in [0.25, 0.3) is 0 Å². The van der Waals surface area contributed by atoms with Gasteiger partial charge in [0.1, 0.15) is 5.71 Å². The van der Waals surface area contributed by atoms with Gasteiger partial charge in [0.2, 0.25) is 5.91 Å². The molecule has 1 amide bonds. The van der Waals surface area contributed by atoms with Crippen molar-refractivity contribution in [3.63, 3.8) is 0 Å². The largest absolute Gasteiger partial charge is 0.453 e. The lowest BCUT2D eigenvalue weighted by Crippen LogP contribution is -2.22. The van der Waals surface area contributed by atoms with E-state index in [1.807, 2.05) is 65.7 Å². The van der Waals surface area contributed by atoms with E-state index in [4.69, 9.17) is 4.74 Å². The quantitative estimate of drug-likeness (QED) is 0.444. The van der Waals surface area contributed by atoms with Crippen molar-refractivity contribution in [1.82, 2.24) is 0 Å². The second-order valence-corrected chi connectivity index (χ2v) is 8.28. The number of fused-ring (bicyclic) bond motifs is 1. The summed E-state index contributed by atoms with van der Waals surface area (Å²) in [6.45, 7) is -0.371. The standard InChI is InChI=1S/C27H23N3O4/c31-25(20-11-13-22-19(15-20)12-14-26(32)28-22)17-34-27(33)23-16-24(18-7-3-1-4-8-18)30(29-23)21-9-5-2-6-10-21/h1-11,13,15,24H,12,14,16-17H2,(H,28,32). The van der Waals surface area contributed by atoms with Gasteiger partial charge in [-0.25, -0.2) is 4.79 Å². The molecule has 0 aliphatic carbocycles. The number of aryl methyl sites for hydroxylation is 1. The minimum Gasteiger partial charge on any atom is -0.453 e. The van der Waals surface area contributed by atoms with Crippen LogP contribution in [0, 0.1) is 0 Å². The molecule has 7 heteroatoms. The Bertz CT molecular complexity index is 1270. The molecule has 0 saturated carbocycles. The average Bonchev–Trinajstić information content (AvgIpc) is 3.33. The van der Waals surface area contributed by atoms with Crippen LogP contribution >= 0.6 is 0 Å². The Hall–Kier alpha value is -4.26. The van der Waals surface area contributed by atoms with E-state index in [0.29, 0.717) is 24.8 Å². The van der Waals surface area contributed by atoms with Gasteiger partial charge in [0.25, 0.3) is 0 Å². The highest BCUT2D eigenvalue weighted by molar-refractivity contribution is 6.37. The molecule has 0 aromatic heterocycles. The fourth-order valence-corrected chi connectivity index (χ4v) is 4.24. The predicted molar refractivity (Wildman–Crippen MR) is 129 cm³/mol. The van der Waals surface area contributed by atoms with Crippen LogP contribution < -0.4 is 10.3 Å². The van der Waals surface area contributed by atoms with Crippen molar-refractivity contribution in [3.8, 4) is 0 Å². The zero-order valence-corrected chi connectivity index (χ0v) is 18.4. The third-order valence-corrected chi connectivity index (χ3v) is 6.01. The number of anilines is 2. The number of hydrogen-bond donors (Lipinski definition) is 1. The molecule has 0 fully saturated rings. The minimum absolute atomic E-state index is 0.0313. The molecule has 5 rings (SSSR count). The third kappa shape index (κ3) is 4.45. The van der Waals surface area contributed by atoms with Gasteiger partial charge in [-0.05, 0) is 47.9 Å². The van der Waals surface area contributed by atoms with Gasteiger partial charge in [0.05, 0.1) is 11.7 Å². The molecule has 2 aliphatic rings. The highest BCUT2D eigenvalue weighted by Crippen LogP contribution is 2.35. The molecule has 1 atom stereocenters. The molecule has 1 N–H and O–H groups in total. The first-order chi connectivity index (χ1) is 16.6. The molecule has 7 nitrogen and oxygen atoms in total. The number of hydrogen-bond acceptors (Lipinski definition) is 6. The van der Waals surface area contributed by atoms with Gasteiger partial charge in [-0.15, -0.1) is 0 Å². The number of nitrogens with one attached hydrogen (secondary N) is 1. The number of carbonyl (C=O) groups is 3. The summed E-state index contributed by atoms with van der Waals surface area (Å²) in [5.74, 6) is -0.930. The van der Waals surface area contributed by atoms with Crippen LogP contribution in [0.3, 0.4) is 0 Å². The first-order valence-electron chi connectivity index (χ1n) is 11.2. The van der Waals surface area contributed by atoms with E-state index in [9.17, 15) is 14.4 Å². The lowest BCUT2D eigenvalue weighted by atomic mass is 9.99. The molecule has 0 spiro atoms. The molecule has 0 bridgehead atoms. The van der Waals surface area contributed by atoms with E-state index in [1.165, 1.54) is 0 Å². The summed E-state index contributed by atoms with van der Waals surface area (Å²) in [5, 5.41) is 9.17. The number of ketones is 1. The van der Waals surface area contributed by atoms with Gasteiger partial charge in [0.15, 0.2) is 12.4 Å². The number of esters is 1. The van der Waals surface area contributed by atoms with Crippen molar-refractivity contribution < 1.29 is 19.1 Å². The number of carbonyl (C=O) groups excluding carboxylic acids is 3. The fourth-order valence-electron chi connectivity index (χ4n) is 4.24. The third-order valence-electron chi connectivity index (χ3n) is 6.01. The molecule has 0 saturated heterocycles. The van der Waals surface area contributed by atoms with E-state index in [-0.39, 0.29) is 30.1 Å². The molecule has 2 heterocycles. The summed E-state index contributed by atoms with van der Waals surface area (Å²) < 4.78 is 5.36. The van der Waals surface area contributed by atoms with Crippen LogP contribution in [-0.4, -0.2) is 30.0 Å². The molecule has 170 valence electrons. The fraction of sp³-hybridized carbons (Fsp3) is 0.185. The predicted octanol–water partition coefficient (Wildman–Crippen LogP) is 4.30. The monoisotopic (exact) mass is 453 g/mol. The zero-order valence-electron chi connectivity index (χ0n) is 18.4. The van der Waals surface area contributed by atoms with Gasteiger partial charge in [-0.3, -0.25) is 14.6 Å². The number of amides is 1. The van der Waals surface area contributed by atoms with Crippen LogP contribution in [0.5, 0.6) is 0 Å². The van der Waals surface area contributed by atoms with Crippen molar-refractivity contribution in [2.24, 2.45) is 5.10 Å². The Morgan fingerprint density at radius 2 is 1.71 bits per heavy atom. The van der Waals surface area contributed by atoms with E-state index >= 15 is 0 Å². The minimum atomic E-state index is -0.599. The van der Waals surface area contributed by atoms with Crippen LogP contribution in [0.15, 0.2) is 84.0 Å². The number of hydrazone groups is 1. The summed E-state index contributed by atoms with van der Waals surface area (Å²) in [7, 11) is 0. The van der Waals surface area contributed by atoms with E-state index in [1.54, 1.807) is 18.2 Å². The van der Waals surface area contributed by atoms with Crippen LogP contribution in [-0.2, 0) is 20.7 Å². The summed E-state index contributed by atoms with van der Waals surface area (Å²) in [6.07, 6.45) is 1.35. The lowest BCUT2D eigenvalue weighted by molar-refractivity contribution is -0.134. The number of para-hydroxylation sites is 1. The van der Waals surface area contributed by atoms with Gasteiger partial charge in [-0.2, -0.15) is 5.10 Å². The van der Waals surface area contributed by atoms with Gasteiger partial charge < -0.3 is 10.1 Å². The highest BCUT2D eigenvalue weighted by Gasteiger charge is 2.33. The summed E-state index contributed by atoms with van der Waals surface area (Å²) in [6, 6.07) is 24.5. The SMILES string of the molecule is O=C1CCc2cc(C(=O)COC(=O)C3=NN(c4ccccc4)C(c4ccccc4)C3)ccc2N1. The molecule has 3 aromatic rings. The van der Waals surface area contributed by atoms with Gasteiger partial charge >= 0.3 is 5.97 Å². The number of ether oxygens (including phenoxy) is 1. The van der Waals surface area contributed by atoms with Crippen molar-refractivity contribution in [2.45, 2.75) is 25.3 Å². The summed E-state index contributed by atoms with van der Waals surface area (Å²) in [4.78, 5) is 37.0. The van der Waals surface area contributed by atoms with Crippen molar-refractivity contribution >= 4 is 34.7 Å². The molecular weight excluding hydrogens is 430 g/mol. The Labute approximate surface area is 197 Å². The van der Waals surface area contributed by atoms with Gasteiger partial charge in [-0.1, -0.05) is 48.5 Å². The Kier molecular flexibility index (Phi) is 5.91. The van der Waals surface area contributed by atoms with E-state index < -0.39 is 5.97 Å². The van der Waals surface area contributed by atoms with Crippen LogP contribution in [0.1, 0.15) is 40.4 Å². The normalized spacial score (nSPS) is 16.9. The van der Waals surface area contributed by atoms with E-state index in [0.717, 1.165) is 22.5 Å².